The van der Waals surface area contributed by atoms with E-state index in [0.717, 1.165) is 24.3 Å². The van der Waals surface area contributed by atoms with E-state index in [0.29, 0.717) is 42.1 Å². The number of amides is 1. The second-order valence-corrected chi connectivity index (χ2v) is 7.45. The third-order valence-corrected chi connectivity index (χ3v) is 5.53. The van der Waals surface area contributed by atoms with E-state index in [-0.39, 0.29) is 11.5 Å². The molecule has 0 atom stereocenters. The molecule has 1 aromatic carbocycles. The quantitative estimate of drug-likeness (QED) is 0.550. The van der Waals surface area contributed by atoms with E-state index < -0.39 is 0 Å². The highest BCUT2D eigenvalue weighted by Crippen LogP contribution is 2.20. The third-order valence-electron chi connectivity index (χ3n) is 5.53. The van der Waals surface area contributed by atoms with Crippen LogP contribution in [-0.4, -0.2) is 52.2 Å². The van der Waals surface area contributed by atoms with Crippen molar-refractivity contribution in [3.05, 3.63) is 88.4 Å². The molecule has 4 heterocycles. The van der Waals surface area contributed by atoms with E-state index in [9.17, 15) is 9.59 Å². The summed E-state index contributed by atoms with van der Waals surface area (Å²) in [5.74, 6) is 1.75. The molecular formula is C23H21N5O3. The third kappa shape index (κ3) is 3.79. The minimum absolute atomic E-state index is 0.119. The SMILES string of the molecule is O=C(c1ccc(Cc2n[nH]c(=O)c3ccccc23)o1)N1CCN(c2ccccn2)CC1. The summed E-state index contributed by atoms with van der Waals surface area (Å²) in [6, 6.07) is 16.6. The van der Waals surface area contributed by atoms with Crippen LogP contribution in [0.1, 0.15) is 22.0 Å². The van der Waals surface area contributed by atoms with Crippen molar-refractivity contribution >= 4 is 22.5 Å². The second kappa shape index (κ2) is 8.06. The number of benzene rings is 1. The number of rotatable bonds is 4. The lowest BCUT2D eigenvalue weighted by atomic mass is 10.1. The number of nitrogens with zero attached hydrogens (tertiary/aromatic N) is 4. The zero-order valence-electron chi connectivity index (χ0n) is 16.8. The molecule has 1 amide bonds. The van der Waals surface area contributed by atoms with E-state index in [1.165, 1.54) is 0 Å². The number of anilines is 1. The van der Waals surface area contributed by atoms with Crippen molar-refractivity contribution in [2.24, 2.45) is 0 Å². The minimum atomic E-state index is -0.223. The van der Waals surface area contributed by atoms with Crippen molar-refractivity contribution < 1.29 is 9.21 Å². The van der Waals surface area contributed by atoms with Crippen molar-refractivity contribution in [2.75, 3.05) is 31.1 Å². The number of aromatic nitrogens is 3. The number of H-pyrrole nitrogens is 1. The van der Waals surface area contributed by atoms with E-state index >= 15 is 0 Å². The maximum absolute atomic E-state index is 12.9. The summed E-state index contributed by atoms with van der Waals surface area (Å²) in [7, 11) is 0. The Morgan fingerprint density at radius 1 is 0.968 bits per heavy atom. The average molecular weight is 415 g/mol. The monoisotopic (exact) mass is 415 g/mol. The van der Waals surface area contributed by atoms with Gasteiger partial charge in [0, 0.05) is 37.8 Å². The Labute approximate surface area is 178 Å². The Morgan fingerprint density at radius 2 is 1.74 bits per heavy atom. The average Bonchev–Trinajstić information content (AvgIpc) is 3.30. The predicted octanol–water partition coefficient (Wildman–Crippen LogP) is 2.46. The Kier molecular flexibility index (Phi) is 4.95. The van der Waals surface area contributed by atoms with Crippen LogP contribution in [0.25, 0.3) is 10.8 Å². The lowest BCUT2D eigenvalue weighted by Gasteiger charge is -2.34. The number of hydrogen-bond acceptors (Lipinski definition) is 6. The van der Waals surface area contributed by atoms with Gasteiger partial charge in [-0.3, -0.25) is 9.59 Å². The Hall–Kier alpha value is -3.94. The first kappa shape index (κ1) is 19.0. The summed E-state index contributed by atoms with van der Waals surface area (Å²) in [4.78, 5) is 33.2. The van der Waals surface area contributed by atoms with Gasteiger partial charge < -0.3 is 14.2 Å². The molecule has 0 radical (unpaired) electrons. The van der Waals surface area contributed by atoms with Gasteiger partial charge in [0.2, 0.25) is 0 Å². The van der Waals surface area contributed by atoms with Gasteiger partial charge in [0.15, 0.2) is 5.76 Å². The highest BCUT2D eigenvalue weighted by molar-refractivity contribution is 5.91. The molecule has 0 bridgehead atoms. The zero-order chi connectivity index (χ0) is 21.2. The first-order chi connectivity index (χ1) is 15.2. The number of piperazine rings is 1. The Balaban J connectivity index is 1.28. The van der Waals surface area contributed by atoms with Crippen molar-refractivity contribution in [3.8, 4) is 0 Å². The van der Waals surface area contributed by atoms with Crippen LogP contribution in [0, 0.1) is 0 Å². The standard InChI is InChI=1S/C23H21N5O3/c29-22-18-6-2-1-5-17(18)19(25-26-22)15-16-8-9-20(31-16)23(30)28-13-11-27(12-14-28)21-7-3-4-10-24-21/h1-10H,11-15H2,(H,26,29). The van der Waals surface area contributed by atoms with Gasteiger partial charge in [-0.2, -0.15) is 5.10 Å². The largest absolute Gasteiger partial charge is 0.456 e. The molecule has 1 aliphatic heterocycles. The molecule has 1 N–H and O–H groups in total. The molecule has 1 aliphatic rings. The van der Waals surface area contributed by atoms with Crippen LogP contribution in [0.2, 0.25) is 0 Å². The van der Waals surface area contributed by atoms with E-state index in [4.69, 9.17) is 4.42 Å². The molecule has 1 fully saturated rings. The van der Waals surface area contributed by atoms with Gasteiger partial charge in [-0.1, -0.05) is 24.3 Å². The van der Waals surface area contributed by atoms with Crippen molar-refractivity contribution in [1.29, 1.82) is 0 Å². The highest BCUT2D eigenvalue weighted by Gasteiger charge is 2.25. The molecule has 31 heavy (non-hydrogen) atoms. The minimum Gasteiger partial charge on any atom is -0.456 e. The fraction of sp³-hybridized carbons (Fsp3) is 0.217. The first-order valence-corrected chi connectivity index (χ1v) is 10.2. The van der Waals surface area contributed by atoms with Crippen LogP contribution in [0.15, 0.2) is 70.0 Å². The Morgan fingerprint density at radius 3 is 2.52 bits per heavy atom. The first-order valence-electron chi connectivity index (χ1n) is 10.2. The van der Waals surface area contributed by atoms with E-state index in [2.05, 4.69) is 20.1 Å². The predicted molar refractivity (Wildman–Crippen MR) is 116 cm³/mol. The number of aromatic amines is 1. The Bertz CT molecular complexity index is 1270. The lowest BCUT2D eigenvalue weighted by Crippen LogP contribution is -2.49. The number of nitrogens with one attached hydrogen (secondary N) is 1. The summed E-state index contributed by atoms with van der Waals surface area (Å²) < 4.78 is 5.84. The van der Waals surface area contributed by atoms with E-state index in [1.807, 2.05) is 36.4 Å². The molecule has 8 nitrogen and oxygen atoms in total. The van der Waals surface area contributed by atoms with Crippen LogP contribution in [0.4, 0.5) is 5.82 Å². The lowest BCUT2D eigenvalue weighted by molar-refractivity contribution is 0.0712. The maximum Gasteiger partial charge on any atom is 0.289 e. The summed E-state index contributed by atoms with van der Waals surface area (Å²) >= 11 is 0. The van der Waals surface area contributed by atoms with Crippen LogP contribution in [0.3, 0.4) is 0 Å². The molecule has 0 aliphatic carbocycles. The van der Waals surface area contributed by atoms with Gasteiger partial charge in [0.25, 0.3) is 11.5 Å². The second-order valence-electron chi connectivity index (χ2n) is 7.45. The van der Waals surface area contributed by atoms with Crippen molar-refractivity contribution in [1.82, 2.24) is 20.1 Å². The molecule has 0 spiro atoms. The van der Waals surface area contributed by atoms with Gasteiger partial charge in [0.1, 0.15) is 11.6 Å². The van der Waals surface area contributed by atoms with Crippen LogP contribution >= 0.6 is 0 Å². The van der Waals surface area contributed by atoms with Gasteiger partial charge >= 0.3 is 0 Å². The van der Waals surface area contributed by atoms with Crippen molar-refractivity contribution in [3.63, 3.8) is 0 Å². The molecule has 3 aromatic heterocycles. The topological polar surface area (TPSA) is 95.3 Å². The van der Waals surface area contributed by atoms with Crippen LogP contribution < -0.4 is 10.5 Å². The van der Waals surface area contributed by atoms with E-state index in [1.54, 1.807) is 29.3 Å². The van der Waals surface area contributed by atoms with Gasteiger partial charge in [-0.15, -0.1) is 0 Å². The van der Waals surface area contributed by atoms with Gasteiger partial charge in [-0.05, 0) is 30.3 Å². The van der Waals surface area contributed by atoms with Crippen molar-refractivity contribution in [2.45, 2.75) is 6.42 Å². The van der Waals surface area contributed by atoms with Crippen LogP contribution in [-0.2, 0) is 6.42 Å². The van der Waals surface area contributed by atoms with Crippen LogP contribution in [0.5, 0.6) is 0 Å². The molecule has 156 valence electrons. The smallest absolute Gasteiger partial charge is 0.289 e. The molecule has 1 saturated heterocycles. The number of carbonyl (C=O) groups is 1. The number of hydrogen-bond donors (Lipinski definition) is 1. The summed E-state index contributed by atoms with van der Waals surface area (Å²) in [5, 5.41) is 8.07. The zero-order valence-corrected chi connectivity index (χ0v) is 16.8. The molecule has 0 saturated carbocycles. The maximum atomic E-state index is 12.9. The summed E-state index contributed by atoms with van der Waals surface area (Å²) in [6.07, 6.45) is 2.16. The number of pyridine rings is 1. The molecule has 4 aromatic rings. The summed E-state index contributed by atoms with van der Waals surface area (Å²) in [5.41, 5.74) is 0.479. The fourth-order valence-electron chi connectivity index (χ4n) is 3.89. The molecule has 0 unspecified atom stereocenters. The normalized spacial score (nSPS) is 14.2. The molecular weight excluding hydrogens is 394 g/mol. The number of carbonyl (C=O) groups excluding carboxylic acids is 1. The highest BCUT2D eigenvalue weighted by atomic mass is 16.4. The number of furan rings is 1. The molecule has 5 rings (SSSR count). The van der Waals surface area contributed by atoms with Gasteiger partial charge in [-0.25, -0.2) is 10.1 Å². The number of fused-ring (bicyclic) bond motifs is 1. The molecule has 8 heteroatoms. The summed E-state index contributed by atoms with van der Waals surface area (Å²) in [6.45, 7) is 2.67. The van der Waals surface area contributed by atoms with Gasteiger partial charge in [0.05, 0.1) is 17.5 Å². The fourth-order valence-corrected chi connectivity index (χ4v) is 3.89.